The molecule has 1 aromatic carbocycles. The highest BCUT2D eigenvalue weighted by Gasteiger charge is 2.28. The Hall–Kier alpha value is -1.88. The molecule has 20 heavy (non-hydrogen) atoms. The highest BCUT2D eigenvalue weighted by atomic mass is 16.2. The monoisotopic (exact) mass is 274 g/mol. The molecule has 0 spiro atoms. The van der Waals surface area contributed by atoms with E-state index in [0.717, 1.165) is 23.3 Å². The SMILES string of the molecule is CCCC(C)(N)C(=O)NC(C)c1nc2ccccc2[nH]1. The van der Waals surface area contributed by atoms with Crippen LogP contribution in [-0.2, 0) is 4.79 Å². The van der Waals surface area contributed by atoms with Crippen molar-refractivity contribution in [3.05, 3.63) is 30.1 Å². The Morgan fingerprint density at radius 1 is 1.50 bits per heavy atom. The van der Waals surface area contributed by atoms with Crippen LogP contribution in [0.5, 0.6) is 0 Å². The van der Waals surface area contributed by atoms with Crippen LogP contribution in [-0.4, -0.2) is 21.4 Å². The molecule has 0 bridgehead atoms. The molecule has 0 saturated heterocycles. The van der Waals surface area contributed by atoms with Gasteiger partial charge in [-0.2, -0.15) is 0 Å². The summed E-state index contributed by atoms with van der Waals surface area (Å²) in [6.45, 7) is 5.68. The van der Waals surface area contributed by atoms with Gasteiger partial charge in [-0.15, -0.1) is 0 Å². The van der Waals surface area contributed by atoms with Crippen molar-refractivity contribution in [2.75, 3.05) is 0 Å². The number of H-pyrrole nitrogens is 1. The number of carbonyl (C=O) groups excluding carboxylic acids is 1. The van der Waals surface area contributed by atoms with Crippen LogP contribution in [0.1, 0.15) is 45.5 Å². The number of hydrogen-bond acceptors (Lipinski definition) is 3. The van der Waals surface area contributed by atoms with Crippen molar-refractivity contribution in [2.45, 2.75) is 45.2 Å². The Kier molecular flexibility index (Phi) is 4.09. The van der Waals surface area contributed by atoms with Crippen molar-refractivity contribution < 1.29 is 4.79 Å². The van der Waals surface area contributed by atoms with Crippen molar-refractivity contribution in [1.29, 1.82) is 0 Å². The first-order valence-corrected chi connectivity index (χ1v) is 6.98. The predicted molar refractivity (Wildman–Crippen MR) is 80.2 cm³/mol. The molecule has 2 unspecified atom stereocenters. The zero-order chi connectivity index (χ0) is 14.8. The summed E-state index contributed by atoms with van der Waals surface area (Å²) in [6, 6.07) is 7.59. The second kappa shape index (κ2) is 5.63. The lowest BCUT2D eigenvalue weighted by Crippen LogP contribution is -2.52. The third kappa shape index (κ3) is 2.99. The number of imidazole rings is 1. The molecule has 4 N–H and O–H groups in total. The van der Waals surface area contributed by atoms with Crippen LogP contribution in [0.2, 0.25) is 0 Å². The molecule has 1 amide bonds. The van der Waals surface area contributed by atoms with Crippen molar-refractivity contribution >= 4 is 16.9 Å². The molecule has 0 aliphatic rings. The fraction of sp³-hybridized carbons (Fsp3) is 0.467. The topological polar surface area (TPSA) is 83.8 Å². The van der Waals surface area contributed by atoms with E-state index >= 15 is 0 Å². The van der Waals surface area contributed by atoms with E-state index in [2.05, 4.69) is 15.3 Å². The van der Waals surface area contributed by atoms with Crippen LogP contribution < -0.4 is 11.1 Å². The first kappa shape index (κ1) is 14.5. The van der Waals surface area contributed by atoms with Gasteiger partial charge in [-0.3, -0.25) is 4.79 Å². The molecular weight excluding hydrogens is 252 g/mol. The average Bonchev–Trinajstić information content (AvgIpc) is 2.82. The fourth-order valence-electron chi connectivity index (χ4n) is 2.24. The first-order valence-electron chi connectivity index (χ1n) is 6.98. The molecule has 2 atom stereocenters. The lowest BCUT2D eigenvalue weighted by atomic mass is 9.96. The molecule has 108 valence electrons. The minimum absolute atomic E-state index is 0.146. The standard InChI is InChI=1S/C15H22N4O/c1-4-9-15(3,16)14(20)17-10(2)13-18-11-7-5-6-8-12(11)19-13/h5-8,10H,4,9,16H2,1-3H3,(H,17,20)(H,18,19). The van der Waals surface area contributed by atoms with Gasteiger partial charge in [-0.25, -0.2) is 4.98 Å². The number of hydrogen-bond donors (Lipinski definition) is 3. The molecule has 1 aromatic heterocycles. The molecule has 0 radical (unpaired) electrons. The number of aromatic nitrogens is 2. The summed E-state index contributed by atoms with van der Waals surface area (Å²) in [5, 5.41) is 2.92. The molecule has 0 aliphatic heterocycles. The van der Waals surface area contributed by atoms with Gasteiger partial charge < -0.3 is 16.0 Å². The normalized spacial score (nSPS) is 15.8. The average molecular weight is 274 g/mol. The Balaban J connectivity index is 2.11. The van der Waals surface area contributed by atoms with Crippen LogP contribution in [0.25, 0.3) is 11.0 Å². The third-order valence-electron chi connectivity index (χ3n) is 3.45. The first-order chi connectivity index (χ1) is 9.44. The summed E-state index contributed by atoms with van der Waals surface area (Å²) in [5.74, 6) is 0.596. The maximum Gasteiger partial charge on any atom is 0.240 e. The molecule has 2 rings (SSSR count). The van der Waals surface area contributed by atoms with Gasteiger partial charge in [-0.05, 0) is 32.4 Å². The fourth-order valence-corrected chi connectivity index (χ4v) is 2.24. The summed E-state index contributed by atoms with van der Waals surface area (Å²) in [7, 11) is 0. The van der Waals surface area contributed by atoms with Crippen LogP contribution >= 0.6 is 0 Å². The third-order valence-corrected chi connectivity index (χ3v) is 3.45. The molecule has 5 heteroatoms. The summed E-state index contributed by atoms with van der Waals surface area (Å²) in [4.78, 5) is 19.9. The molecular formula is C15H22N4O. The van der Waals surface area contributed by atoms with Crippen LogP contribution in [0.15, 0.2) is 24.3 Å². The van der Waals surface area contributed by atoms with E-state index in [4.69, 9.17) is 5.73 Å². The van der Waals surface area contributed by atoms with E-state index in [1.807, 2.05) is 38.1 Å². The number of para-hydroxylation sites is 2. The van der Waals surface area contributed by atoms with E-state index in [-0.39, 0.29) is 11.9 Å². The number of rotatable bonds is 5. The van der Waals surface area contributed by atoms with Gasteiger partial charge in [0, 0.05) is 0 Å². The molecule has 0 saturated carbocycles. The Labute approximate surface area is 119 Å². The van der Waals surface area contributed by atoms with E-state index in [1.165, 1.54) is 0 Å². The number of aromatic amines is 1. The molecule has 0 fully saturated rings. The number of nitrogens with zero attached hydrogens (tertiary/aromatic N) is 1. The van der Waals surface area contributed by atoms with Gasteiger partial charge in [0.2, 0.25) is 5.91 Å². The van der Waals surface area contributed by atoms with Gasteiger partial charge in [0.1, 0.15) is 5.82 Å². The van der Waals surface area contributed by atoms with E-state index < -0.39 is 5.54 Å². The van der Waals surface area contributed by atoms with Gasteiger partial charge in [0.25, 0.3) is 0 Å². The highest BCUT2D eigenvalue weighted by Crippen LogP contribution is 2.17. The largest absolute Gasteiger partial charge is 0.345 e. The summed E-state index contributed by atoms with van der Waals surface area (Å²) >= 11 is 0. The van der Waals surface area contributed by atoms with Gasteiger partial charge in [-0.1, -0.05) is 25.5 Å². The zero-order valence-electron chi connectivity index (χ0n) is 12.2. The van der Waals surface area contributed by atoms with Crippen LogP contribution in [0.4, 0.5) is 0 Å². The van der Waals surface area contributed by atoms with Crippen molar-refractivity contribution in [3.63, 3.8) is 0 Å². The highest BCUT2D eigenvalue weighted by molar-refractivity contribution is 5.86. The summed E-state index contributed by atoms with van der Waals surface area (Å²) < 4.78 is 0. The van der Waals surface area contributed by atoms with Crippen molar-refractivity contribution in [2.24, 2.45) is 5.73 Å². The van der Waals surface area contributed by atoms with Crippen LogP contribution in [0, 0.1) is 0 Å². The number of nitrogens with two attached hydrogens (primary N) is 1. The number of fused-ring (bicyclic) bond motifs is 1. The second-order valence-electron chi connectivity index (χ2n) is 5.50. The van der Waals surface area contributed by atoms with Gasteiger partial charge in [0.05, 0.1) is 22.6 Å². The summed E-state index contributed by atoms with van der Waals surface area (Å²) in [6.07, 6.45) is 1.53. The Morgan fingerprint density at radius 2 is 2.20 bits per heavy atom. The minimum atomic E-state index is -0.838. The Bertz CT molecular complexity index is 570. The summed E-state index contributed by atoms with van der Waals surface area (Å²) in [5.41, 5.74) is 7.05. The maximum absolute atomic E-state index is 12.2. The number of amides is 1. The van der Waals surface area contributed by atoms with Crippen LogP contribution in [0.3, 0.4) is 0 Å². The molecule has 0 aliphatic carbocycles. The number of carbonyl (C=O) groups is 1. The molecule has 5 nitrogen and oxygen atoms in total. The van der Waals surface area contributed by atoms with Crippen molar-refractivity contribution in [1.82, 2.24) is 15.3 Å². The van der Waals surface area contributed by atoms with E-state index in [9.17, 15) is 4.79 Å². The maximum atomic E-state index is 12.2. The second-order valence-corrected chi connectivity index (χ2v) is 5.50. The smallest absolute Gasteiger partial charge is 0.240 e. The molecule has 2 aromatic rings. The minimum Gasteiger partial charge on any atom is -0.345 e. The predicted octanol–water partition coefficient (Wildman–Crippen LogP) is 2.26. The van der Waals surface area contributed by atoms with E-state index in [1.54, 1.807) is 6.92 Å². The molecule has 1 heterocycles. The van der Waals surface area contributed by atoms with Crippen molar-refractivity contribution in [3.8, 4) is 0 Å². The lowest BCUT2D eigenvalue weighted by molar-refractivity contribution is -0.126. The zero-order valence-corrected chi connectivity index (χ0v) is 12.2. The van der Waals surface area contributed by atoms with Gasteiger partial charge in [0.15, 0.2) is 0 Å². The lowest BCUT2D eigenvalue weighted by Gasteiger charge is -2.24. The van der Waals surface area contributed by atoms with E-state index in [0.29, 0.717) is 6.42 Å². The quantitative estimate of drug-likeness (QED) is 0.782. The number of benzene rings is 1. The number of nitrogens with one attached hydrogen (secondary N) is 2. The van der Waals surface area contributed by atoms with Gasteiger partial charge >= 0.3 is 0 Å². The Morgan fingerprint density at radius 3 is 2.85 bits per heavy atom.